The number of fused-ring (bicyclic) bond motifs is 2. The van der Waals surface area contributed by atoms with Crippen LogP contribution in [-0.2, 0) is 12.4 Å². The quantitative estimate of drug-likeness (QED) is 0.172. The van der Waals surface area contributed by atoms with Crippen molar-refractivity contribution >= 4 is 65.6 Å². The minimum Gasteiger partial charge on any atom is -0.478 e. The van der Waals surface area contributed by atoms with Crippen LogP contribution in [0.1, 0.15) is 43.0 Å². The summed E-state index contributed by atoms with van der Waals surface area (Å²) < 4.78 is 77.7. The van der Waals surface area contributed by atoms with Gasteiger partial charge in [-0.1, -0.05) is 56.1 Å². The average molecular weight is 820 g/mol. The first-order valence-electron chi connectivity index (χ1n) is 14.4. The molecule has 0 aliphatic rings. The number of hydrogen-bond acceptors (Lipinski definition) is 4. The molecule has 0 unspecified atom stereocenters. The normalized spacial score (nSPS) is 11.7. The Kier molecular flexibility index (Phi) is 10.1. The molecule has 2 heterocycles. The summed E-state index contributed by atoms with van der Waals surface area (Å²) in [5.41, 5.74) is 1.91. The lowest BCUT2D eigenvalue weighted by atomic mass is 9.97. The Morgan fingerprint density at radius 2 is 0.880 bits per heavy atom. The maximum Gasteiger partial charge on any atom is 0.416 e. The van der Waals surface area contributed by atoms with E-state index in [2.05, 4.69) is 41.8 Å². The molecule has 2 N–H and O–H groups in total. The van der Waals surface area contributed by atoms with Crippen LogP contribution in [0.15, 0.2) is 93.9 Å². The van der Waals surface area contributed by atoms with Crippen molar-refractivity contribution in [3.63, 3.8) is 0 Å². The molecular formula is C36H22Br2F6N2O4. The second-order valence-corrected chi connectivity index (χ2v) is 12.8. The third kappa shape index (κ3) is 7.50. The molecule has 0 radical (unpaired) electrons. The Hall–Kier alpha value is -4.82. The predicted octanol–water partition coefficient (Wildman–Crippen LogP) is 11.4. The Labute approximate surface area is 296 Å². The van der Waals surface area contributed by atoms with E-state index in [1.54, 1.807) is 50.2 Å². The number of nitrogens with zero attached hydrogens (tertiary/aromatic N) is 2. The van der Waals surface area contributed by atoms with E-state index in [1.165, 1.54) is 24.3 Å². The standard InChI is InChI=1S/2C18H11BrF3NO2/c2*1-9-15(17(24)25)13-8-12(19)6-7-14(13)23-16(9)10-2-4-11(5-3-10)18(20,21)22/h2*2-8H,1H3,(H,24,25). The summed E-state index contributed by atoms with van der Waals surface area (Å²) in [5.74, 6) is -2.23. The molecule has 0 amide bonds. The van der Waals surface area contributed by atoms with Gasteiger partial charge in [-0.3, -0.25) is 0 Å². The van der Waals surface area contributed by atoms with Gasteiger partial charge in [-0.15, -0.1) is 0 Å². The average Bonchev–Trinajstić information content (AvgIpc) is 3.03. The van der Waals surface area contributed by atoms with Gasteiger partial charge in [-0.05, 0) is 85.6 Å². The highest BCUT2D eigenvalue weighted by molar-refractivity contribution is 9.10. The van der Waals surface area contributed by atoms with Gasteiger partial charge in [0.15, 0.2) is 0 Å². The molecule has 2 aromatic heterocycles. The first-order valence-corrected chi connectivity index (χ1v) is 16.0. The minimum atomic E-state index is -4.43. The number of carboxylic acids is 2. The summed E-state index contributed by atoms with van der Waals surface area (Å²) in [5, 5.41) is 20.1. The SMILES string of the molecule is Cc1c(-c2ccc(C(F)(F)F)cc2)nc2ccc(Br)cc2c1C(=O)O.Cc1c(-c2ccc(C(F)(F)F)cc2)nc2ccc(Br)cc2c1C(=O)O. The molecule has 0 saturated heterocycles. The molecule has 0 aliphatic heterocycles. The van der Waals surface area contributed by atoms with Crippen molar-refractivity contribution in [1.82, 2.24) is 9.97 Å². The summed E-state index contributed by atoms with van der Waals surface area (Å²) >= 11 is 6.61. The highest BCUT2D eigenvalue weighted by Crippen LogP contribution is 2.36. The number of aromatic carboxylic acids is 2. The molecule has 0 saturated carbocycles. The summed E-state index contributed by atoms with van der Waals surface area (Å²) in [6.45, 7) is 3.20. The molecule has 0 aliphatic carbocycles. The zero-order chi connectivity index (χ0) is 36.7. The van der Waals surface area contributed by atoms with Gasteiger partial charge >= 0.3 is 24.3 Å². The third-order valence-electron chi connectivity index (χ3n) is 7.78. The lowest BCUT2D eigenvalue weighted by Crippen LogP contribution is -2.06. The van der Waals surface area contributed by atoms with E-state index < -0.39 is 35.4 Å². The van der Waals surface area contributed by atoms with Gasteiger partial charge in [-0.2, -0.15) is 26.3 Å². The zero-order valence-corrected chi connectivity index (χ0v) is 28.9. The van der Waals surface area contributed by atoms with Gasteiger partial charge in [0, 0.05) is 30.8 Å². The van der Waals surface area contributed by atoms with Gasteiger partial charge in [0.1, 0.15) is 0 Å². The Bertz CT molecular complexity index is 2130. The number of carboxylic acid groups (broad SMARTS) is 2. The Balaban J connectivity index is 0.000000194. The van der Waals surface area contributed by atoms with Crippen molar-refractivity contribution in [3.8, 4) is 22.5 Å². The Morgan fingerprint density at radius 3 is 1.16 bits per heavy atom. The predicted molar refractivity (Wildman–Crippen MR) is 183 cm³/mol. The molecule has 4 aromatic carbocycles. The van der Waals surface area contributed by atoms with Crippen molar-refractivity contribution in [3.05, 3.63) is 127 Å². The van der Waals surface area contributed by atoms with E-state index in [4.69, 9.17) is 0 Å². The maximum absolute atomic E-state index is 12.7. The number of hydrogen-bond donors (Lipinski definition) is 2. The van der Waals surface area contributed by atoms with Crippen LogP contribution in [0.4, 0.5) is 26.3 Å². The lowest BCUT2D eigenvalue weighted by molar-refractivity contribution is -0.138. The van der Waals surface area contributed by atoms with Crippen LogP contribution in [0.25, 0.3) is 44.3 Å². The maximum atomic E-state index is 12.7. The number of halogens is 8. The van der Waals surface area contributed by atoms with Crippen LogP contribution in [0, 0.1) is 13.8 Å². The fourth-order valence-corrected chi connectivity index (χ4v) is 6.13. The minimum absolute atomic E-state index is 0.0844. The van der Waals surface area contributed by atoms with Gasteiger partial charge in [0.05, 0.1) is 44.7 Å². The van der Waals surface area contributed by atoms with Crippen molar-refractivity contribution in [1.29, 1.82) is 0 Å². The summed E-state index contributed by atoms with van der Waals surface area (Å²) in [6, 6.07) is 19.2. The third-order valence-corrected chi connectivity index (χ3v) is 8.77. The highest BCUT2D eigenvalue weighted by Gasteiger charge is 2.31. The number of aromatic nitrogens is 2. The van der Waals surface area contributed by atoms with Crippen LogP contribution >= 0.6 is 31.9 Å². The fourth-order valence-electron chi connectivity index (χ4n) is 5.41. The lowest BCUT2D eigenvalue weighted by Gasteiger charge is -2.13. The van der Waals surface area contributed by atoms with Crippen molar-refractivity contribution in [2.75, 3.05) is 0 Å². The van der Waals surface area contributed by atoms with E-state index in [0.29, 0.717) is 64.4 Å². The van der Waals surface area contributed by atoms with E-state index in [0.717, 1.165) is 24.3 Å². The van der Waals surface area contributed by atoms with Crippen LogP contribution in [0.5, 0.6) is 0 Å². The molecule has 6 nitrogen and oxygen atoms in total. The molecule has 0 fully saturated rings. The first kappa shape index (κ1) is 36.5. The zero-order valence-electron chi connectivity index (χ0n) is 25.7. The van der Waals surface area contributed by atoms with E-state index in [1.807, 2.05) is 0 Å². The summed E-state index contributed by atoms with van der Waals surface area (Å²) in [6.07, 6.45) is -8.86. The molecule has 256 valence electrons. The summed E-state index contributed by atoms with van der Waals surface area (Å²) in [7, 11) is 0. The van der Waals surface area contributed by atoms with Crippen molar-refractivity contribution in [2.24, 2.45) is 0 Å². The molecule has 14 heteroatoms. The molecule has 0 spiro atoms. The molecule has 50 heavy (non-hydrogen) atoms. The monoisotopic (exact) mass is 818 g/mol. The van der Waals surface area contributed by atoms with E-state index in [9.17, 15) is 46.1 Å². The van der Waals surface area contributed by atoms with Crippen molar-refractivity contribution < 1.29 is 46.1 Å². The van der Waals surface area contributed by atoms with Crippen molar-refractivity contribution in [2.45, 2.75) is 26.2 Å². The molecule has 0 atom stereocenters. The van der Waals surface area contributed by atoms with Gasteiger partial charge in [0.25, 0.3) is 0 Å². The van der Waals surface area contributed by atoms with Crippen LogP contribution in [0.2, 0.25) is 0 Å². The number of pyridine rings is 2. The second-order valence-electron chi connectivity index (χ2n) is 11.0. The molecule has 6 rings (SSSR count). The largest absolute Gasteiger partial charge is 0.478 e. The number of alkyl halides is 6. The molecule has 0 bridgehead atoms. The van der Waals surface area contributed by atoms with E-state index >= 15 is 0 Å². The van der Waals surface area contributed by atoms with Gasteiger partial charge in [0.2, 0.25) is 0 Å². The number of benzene rings is 4. The topological polar surface area (TPSA) is 100 Å². The Morgan fingerprint density at radius 1 is 0.560 bits per heavy atom. The smallest absolute Gasteiger partial charge is 0.416 e. The second kappa shape index (κ2) is 13.8. The fraction of sp³-hybridized carbons (Fsp3) is 0.111. The highest BCUT2D eigenvalue weighted by atomic mass is 79.9. The number of rotatable bonds is 4. The van der Waals surface area contributed by atoms with Crippen LogP contribution in [0.3, 0.4) is 0 Å². The summed E-state index contributed by atoms with van der Waals surface area (Å²) in [4.78, 5) is 32.4. The molecule has 6 aromatic rings. The van der Waals surface area contributed by atoms with Crippen LogP contribution < -0.4 is 0 Å². The first-order chi connectivity index (χ1) is 23.4. The van der Waals surface area contributed by atoms with Gasteiger partial charge < -0.3 is 10.2 Å². The van der Waals surface area contributed by atoms with Gasteiger partial charge in [-0.25, -0.2) is 19.6 Å². The van der Waals surface area contributed by atoms with E-state index in [-0.39, 0.29) is 11.1 Å². The molecular weight excluding hydrogens is 798 g/mol. The van der Waals surface area contributed by atoms with Crippen LogP contribution in [-0.4, -0.2) is 32.1 Å². The number of carbonyl (C=O) groups is 2.